The summed E-state index contributed by atoms with van der Waals surface area (Å²) in [5.74, 6) is 0.310. The second-order valence-corrected chi connectivity index (χ2v) is 9.15. The Morgan fingerprint density at radius 2 is 2.03 bits per heavy atom. The van der Waals surface area contributed by atoms with Crippen LogP contribution < -0.4 is 10.2 Å². The van der Waals surface area contributed by atoms with Gasteiger partial charge in [0.1, 0.15) is 18.4 Å². The fourth-order valence-electron chi connectivity index (χ4n) is 3.26. The molecular formula is C21H33N7O2. The Labute approximate surface area is 179 Å². The van der Waals surface area contributed by atoms with Crippen molar-refractivity contribution in [3.63, 3.8) is 0 Å². The number of rotatable bonds is 9. The summed E-state index contributed by atoms with van der Waals surface area (Å²) >= 11 is 0. The molecule has 1 aromatic heterocycles. The molecule has 0 radical (unpaired) electrons. The monoisotopic (exact) mass is 415 g/mol. The van der Waals surface area contributed by atoms with Gasteiger partial charge < -0.3 is 15.1 Å². The van der Waals surface area contributed by atoms with Crippen molar-refractivity contribution in [3.8, 4) is 6.07 Å². The van der Waals surface area contributed by atoms with E-state index < -0.39 is 0 Å². The van der Waals surface area contributed by atoms with Crippen LogP contribution in [0.25, 0.3) is 0 Å². The lowest BCUT2D eigenvalue weighted by Crippen LogP contribution is -2.52. The standard InChI is InChI=1S/C21H33N7O2/c1-21(2,3)15-28-19-16(12-24-17(11-22)25-19)13-27(20(28)30)14-18(29)23-9-7-6-8-10-26(4)5/h12H,6-10,13-15H2,1-5H3,(H,23,29). The quantitative estimate of drug-likeness (QED) is 0.618. The number of urea groups is 1. The zero-order valence-electron chi connectivity index (χ0n) is 18.7. The van der Waals surface area contributed by atoms with Crippen LogP contribution in [0.3, 0.4) is 0 Å². The smallest absolute Gasteiger partial charge is 0.326 e. The summed E-state index contributed by atoms with van der Waals surface area (Å²) in [5.41, 5.74) is 0.553. The molecule has 0 aromatic carbocycles. The van der Waals surface area contributed by atoms with Gasteiger partial charge >= 0.3 is 6.03 Å². The third-order valence-electron chi connectivity index (χ3n) is 4.63. The number of unbranched alkanes of at least 4 members (excludes halogenated alkanes) is 2. The van der Waals surface area contributed by atoms with Crippen molar-refractivity contribution in [1.82, 2.24) is 25.1 Å². The highest BCUT2D eigenvalue weighted by atomic mass is 16.2. The summed E-state index contributed by atoms with van der Waals surface area (Å²) in [6.45, 7) is 8.36. The number of nitriles is 1. The van der Waals surface area contributed by atoms with E-state index in [9.17, 15) is 9.59 Å². The van der Waals surface area contributed by atoms with Crippen molar-refractivity contribution in [3.05, 3.63) is 17.6 Å². The summed E-state index contributed by atoms with van der Waals surface area (Å²) in [6, 6.07) is 1.65. The summed E-state index contributed by atoms with van der Waals surface area (Å²) in [5, 5.41) is 12.0. The maximum absolute atomic E-state index is 13.1. The van der Waals surface area contributed by atoms with E-state index >= 15 is 0 Å². The highest BCUT2D eigenvalue weighted by Crippen LogP contribution is 2.29. The predicted octanol–water partition coefficient (Wildman–Crippen LogP) is 1.98. The van der Waals surface area contributed by atoms with Crippen LogP contribution in [0.15, 0.2) is 6.20 Å². The van der Waals surface area contributed by atoms with E-state index in [-0.39, 0.29) is 36.3 Å². The molecule has 0 aliphatic carbocycles. The van der Waals surface area contributed by atoms with Crippen molar-refractivity contribution in [2.24, 2.45) is 5.41 Å². The van der Waals surface area contributed by atoms with Gasteiger partial charge in [-0.15, -0.1) is 0 Å². The van der Waals surface area contributed by atoms with Crippen LogP contribution in [-0.2, 0) is 11.3 Å². The van der Waals surface area contributed by atoms with E-state index in [4.69, 9.17) is 5.26 Å². The first kappa shape index (κ1) is 23.5. The van der Waals surface area contributed by atoms with Gasteiger partial charge in [0.2, 0.25) is 11.7 Å². The minimum Gasteiger partial charge on any atom is -0.355 e. The van der Waals surface area contributed by atoms with Crippen molar-refractivity contribution in [2.45, 2.75) is 46.6 Å². The molecule has 1 N–H and O–H groups in total. The highest BCUT2D eigenvalue weighted by Gasteiger charge is 2.35. The number of nitrogens with zero attached hydrogens (tertiary/aromatic N) is 6. The first-order valence-electron chi connectivity index (χ1n) is 10.3. The summed E-state index contributed by atoms with van der Waals surface area (Å²) in [6.07, 6.45) is 4.62. The number of hydrogen-bond acceptors (Lipinski definition) is 6. The average Bonchev–Trinajstić information content (AvgIpc) is 2.66. The molecule has 9 heteroatoms. The lowest BCUT2D eigenvalue weighted by atomic mass is 9.95. The molecule has 0 atom stereocenters. The van der Waals surface area contributed by atoms with Gasteiger partial charge in [-0.2, -0.15) is 5.26 Å². The summed E-state index contributed by atoms with van der Waals surface area (Å²) in [4.78, 5) is 39.0. The molecule has 0 saturated carbocycles. The largest absolute Gasteiger partial charge is 0.355 e. The van der Waals surface area contributed by atoms with Crippen LogP contribution in [-0.4, -0.2) is 72.0 Å². The molecular weight excluding hydrogens is 382 g/mol. The topological polar surface area (TPSA) is 105 Å². The van der Waals surface area contributed by atoms with Gasteiger partial charge in [-0.1, -0.05) is 27.2 Å². The molecule has 0 fully saturated rings. The van der Waals surface area contributed by atoms with Gasteiger partial charge in [-0.3, -0.25) is 9.69 Å². The fraction of sp³-hybridized carbons (Fsp3) is 0.667. The fourth-order valence-corrected chi connectivity index (χ4v) is 3.26. The maximum atomic E-state index is 13.1. The Bertz CT molecular complexity index is 796. The molecule has 9 nitrogen and oxygen atoms in total. The molecule has 1 aliphatic heterocycles. The predicted molar refractivity (Wildman–Crippen MR) is 115 cm³/mol. The molecule has 0 bridgehead atoms. The van der Waals surface area contributed by atoms with Crippen LogP contribution in [0.2, 0.25) is 0 Å². The number of fused-ring (bicyclic) bond motifs is 1. The van der Waals surface area contributed by atoms with Crippen LogP contribution in [0.5, 0.6) is 0 Å². The van der Waals surface area contributed by atoms with E-state index in [1.54, 1.807) is 11.1 Å². The minimum absolute atomic E-state index is 0.0172. The zero-order chi connectivity index (χ0) is 22.3. The van der Waals surface area contributed by atoms with Crippen LogP contribution in [0, 0.1) is 16.7 Å². The number of hydrogen-bond donors (Lipinski definition) is 1. The lowest BCUT2D eigenvalue weighted by molar-refractivity contribution is -0.121. The van der Waals surface area contributed by atoms with Crippen LogP contribution in [0.1, 0.15) is 51.4 Å². The van der Waals surface area contributed by atoms with Gasteiger partial charge in [0, 0.05) is 24.8 Å². The molecule has 2 rings (SSSR count). The molecule has 0 spiro atoms. The van der Waals surface area contributed by atoms with E-state index in [0.29, 0.717) is 18.9 Å². The summed E-state index contributed by atoms with van der Waals surface area (Å²) < 4.78 is 0. The number of amides is 3. The minimum atomic E-state index is -0.277. The number of nitrogens with one attached hydrogen (secondary N) is 1. The van der Waals surface area contributed by atoms with Gasteiger partial charge in [0.15, 0.2) is 0 Å². The van der Waals surface area contributed by atoms with Gasteiger partial charge in [-0.25, -0.2) is 14.8 Å². The van der Waals surface area contributed by atoms with Gasteiger partial charge in [0.25, 0.3) is 0 Å². The normalized spacial score (nSPS) is 14.0. The summed E-state index contributed by atoms with van der Waals surface area (Å²) in [7, 11) is 4.09. The molecule has 3 amide bonds. The van der Waals surface area contributed by atoms with Crippen LogP contribution >= 0.6 is 0 Å². The Balaban J connectivity index is 2.00. The van der Waals surface area contributed by atoms with Crippen molar-refractivity contribution < 1.29 is 9.59 Å². The van der Waals surface area contributed by atoms with Gasteiger partial charge in [0.05, 0.1) is 6.54 Å². The second kappa shape index (κ2) is 10.3. The molecule has 0 unspecified atom stereocenters. The highest BCUT2D eigenvalue weighted by molar-refractivity contribution is 5.96. The molecule has 0 saturated heterocycles. The first-order chi connectivity index (χ1) is 14.1. The molecule has 164 valence electrons. The SMILES string of the molecule is CN(C)CCCCCNC(=O)CN1Cc2cnc(C#N)nc2N(CC(C)(C)C)C1=O. The second-order valence-electron chi connectivity index (χ2n) is 9.15. The van der Waals surface area contributed by atoms with E-state index in [1.165, 1.54) is 4.90 Å². The number of aromatic nitrogens is 2. The van der Waals surface area contributed by atoms with Gasteiger partial charge in [-0.05, 0) is 38.9 Å². The Kier molecular flexibility index (Phi) is 8.12. The van der Waals surface area contributed by atoms with E-state index in [0.717, 1.165) is 31.4 Å². The van der Waals surface area contributed by atoms with Crippen LogP contribution in [0.4, 0.5) is 10.6 Å². The maximum Gasteiger partial charge on any atom is 0.326 e. The van der Waals surface area contributed by atoms with E-state index in [1.807, 2.05) is 40.9 Å². The Morgan fingerprint density at radius 1 is 1.30 bits per heavy atom. The Hall–Kier alpha value is -2.73. The average molecular weight is 416 g/mol. The molecule has 1 aliphatic rings. The number of anilines is 1. The van der Waals surface area contributed by atoms with E-state index in [2.05, 4.69) is 20.2 Å². The number of carbonyl (C=O) groups excluding carboxylic acids is 2. The van der Waals surface area contributed by atoms with Crippen molar-refractivity contribution in [1.29, 1.82) is 5.26 Å². The molecule has 30 heavy (non-hydrogen) atoms. The van der Waals surface area contributed by atoms with Crippen molar-refractivity contribution >= 4 is 17.8 Å². The first-order valence-corrected chi connectivity index (χ1v) is 10.3. The zero-order valence-corrected chi connectivity index (χ0v) is 18.7. The third kappa shape index (κ3) is 6.95. The molecule has 2 heterocycles. The van der Waals surface area contributed by atoms with Crippen molar-refractivity contribution in [2.75, 3.05) is 45.2 Å². The lowest BCUT2D eigenvalue weighted by Gasteiger charge is -2.38. The third-order valence-corrected chi connectivity index (χ3v) is 4.63. The molecule has 1 aromatic rings. The number of carbonyl (C=O) groups is 2. The Morgan fingerprint density at radius 3 is 2.67 bits per heavy atom.